The van der Waals surface area contributed by atoms with Gasteiger partial charge in [-0.25, -0.2) is 9.37 Å². The first-order chi connectivity index (χ1) is 9.08. The number of imidazole rings is 1. The molecule has 5 heteroatoms. The van der Waals surface area contributed by atoms with Crippen LogP contribution in [-0.2, 0) is 7.05 Å². The fourth-order valence-electron chi connectivity index (χ4n) is 1.94. The van der Waals surface area contributed by atoms with Gasteiger partial charge in [0, 0.05) is 12.6 Å². The zero-order valence-corrected chi connectivity index (χ0v) is 11.1. The summed E-state index contributed by atoms with van der Waals surface area (Å²) in [5, 5.41) is 9.08. The molecule has 0 fully saturated rings. The highest BCUT2D eigenvalue weighted by molar-refractivity contribution is 5.66. The molecule has 1 aromatic heterocycles. The van der Waals surface area contributed by atoms with Gasteiger partial charge in [0.2, 0.25) is 0 Å². The quantitative estimate of drug-likeness (QED) is 0.851. The summed E-state index contributed by atoms with van der Waals surface area (Å²) in [5.74, 6) is 0.478. The molecule has 0 saturated heterocycles. The molecule has 19 heavy (non-hydrogen) atoms. The van der Waals surface area contributed by atoms with Gasteiger partial charge in [-0.05, 0) is 32.0 Å². The Balaban J connectivity index is 2.54. The zero-order chi connectivity index (χ0) is 14.0. The highest BCUT2D eigenvalue weighted by Gasteiger charge is 2.15. The molecule has 0 unspecified atom stereocenters. The van der Waals surface area contributed by atoms with E-state index in [4.69, 9.17) is 10.00 Å². The van der Waals surface area contributed by atoms with Crippen molar-refractivity contribution in [3.05, 3.63) is 35.5 Å². The van der Waals surface area contributed by atoms with Gasteiger partial charge in [-0.1, -0.05) is 0 Å². The van der Waals surface area contributed by atoms with E-state index in [-0.39, 0.29) is 5.75 Å². The number of aromatic nitrogens is 2. The number of nitriles is 1. The topological polar surface area (TPSA) is 50.8 Å². The third-order valence-electron chi connectivity index (χ3n) is 2.93. The lowest BCUT2D eigenvalue weighted by atomic mass is 10.1. The maximum Gasteiger partial charge on any atom is 0.166 e. The summed E-state index contributed by atoms with van der Waals surface area (Å²) in [6.45, 7) is 4.01. The molecule has 0 aliphatic heterocycles. The van der Waals surface area contributed by atoms with Gasteiger partial charge in [0.15, 0.2) is 17.3 Å². The molecule has 1 aromatic carbocycles. The van der Waals surface area contributed by atoms with Crippen molar-refractivity contribution in [1.29, 1.82) is 5.26 Å². The van der Waals surface area contributed by atoms with Crippen molar-refractivity contribution < 1.29 is 9.13 Å². The number of hydrogen-bond acceptors (Lipinski definition) is 3. The van der Waals surface area contributed by atoms with Gasteiger partial charge in [-0.3, -0.25) is 0 Å². The third kappa shape index (κ3) is 2.29. The number of rotatable bonds is 3. The van der Waals surface area contributed by atoms with Crippen LogP contribution < -0.4 is 4.74 Å². The number of ether oxygens (including phenoxy) is 1. The maximum atomic E-state index is 13.9. The first-order valence-corrected chi connectivity index (χ1v) is 5.94. The predicted molar refractivity (Wildman–Crippen MR) is 69.2 cm³/mol. The van der Waals surface area contributed by atoms with Crippen molar-refractivity contribution in [2.24, 2.45) is 7.05 Å². The molecule has 2 rings (SSSR count). The molecule has 98 valence electrons. The molecule has 0 aliphatic carbocycles. The third-order valence-corrected chi connectivity index (χ3v) is 2.93. The van der Waals surface area contributed by atoms with Crippen molar-refractivity contribution >= 4 is 0 Å². The van der Waals surface area contributed by atoms with Crippen LogP contribution in [0.15, 0.2) is 18.2 Å². The van der Waals surface area contributed by atoms with E-state index in [9.17, 15) is 4.39 Å². The van der Waals surface area contributed by atoms with Crippen LogP contribution in [0, 0.1) is 24.1 Å². The predicted octanol–water partition coefficient (Wildman–Crippen LogP) is 2.81. The normalized spacial score (nSPS) is 10.3. The van der Waals surface area contributed by atoms with Gasteiger partial charge >= 0.3 is 0 Å². The Morgan fingerprint density at radius 2 is 2.21 bits per heavy atom. The van der Waals surface area contributed by atoms with Gasteiger partial charge in [0.1, 0.15) is 11.9 Å². The summed E-state index contributed by atoms with van der Waals surface area (Å²) in [6, 6.07) is 6.69. The molecule has 0 aliphatic rings. The number of nitrogens with zero attached hydrogens (tertiary/aromatic N) is 3. The zero-order valence-electron chi connectivity index (χ0n) is 11.1. The van der Waals surface area contributed by atoms with Gasteiger partial charge < -0.3 is 9.30 Å². The largest absolute Gasteiger partial charge is 0.491 e. The van der Waals surface area contributed by atoms with E-state index in [0.29, 0.717) is 29.4 Å². The minimum Gasteiger partial charge on any atom is -0.491 e. The standard InChI is InChI=1S/C14H14FN3O/c1-4-19-13-6-5-10(7-11(13)15)14-12(8-16)17-9(2)18(14)3/h5-7H,4H2,1-3H3. The van der Waals surface area contributed by atoms with Gasteiger partial charge in [0.05, 0.1) is 12.3 Å². The number of halogens is 1. The second kappa shape index (κ2) is 5.11. The van der Waals surface area contributed by atoms with Crippen LogP contribution >= 0.6 is 0 Å². The van der Waals surface area contributed by atoms with Crippen LogP contribution in [0.1, 0.15) is 18.4 Å². The fraction of sp³-hybridized carbons (Fsp3) is 0.286. The SMILES string of the molecule is CCOc1ccc(-c2c(C#N)nc(C)n2C)cc1F. The molecule has 0 atom stereocenters. The minimum absolute atomic E-state index is 0.212. The molecule has 0 amide bonds. The van der Waals surface area contributed by atoms with Crippen LogP contribution in [0.25, 0.3) is 11.3 Å². The monoisotopic (exact) mass is 259 g/mol. The summed E-state index contributed by atoms with van der Waals surface area (Å²) in [7, 11) is 1.80. The van der Waals surface area contributed by atoms with Crippen molar-refractivity contribution in [1.82, 2.24) is 9.55 Å². The Morgan fingerprint density at radius 3 is 2.79 bits per heavy atom. The molecule has 0 N–H and O–H groups in total. The van der Waals surface area contributed by atoms with E-state index in [2.05, 4.69) is 4.98 Å². The van der Waals surface area contributed by atoms with Gasteiger partial charge in [-0.2, -0.15) is 5.26 Å². The van der Waals surface area contributed by atoms with Crippen LogP contribution in [0.2, 0.25) is 0 Å². The lowest BCUT2D eigenvalue weighted by Gasteiger charge is -2.08. The Hall–Kier alpha value is -2.35. The summed E-state index contributed by atoms with van der Waals surface area (Å²) in [5.41, 5.74) is 1.52. The van der Waals surface area contributed by atoms with Crippen LogP contribution in [-0.4, -0.2) is 16.2 Å². The maximum absolute atomic E-state index is 13.9. The average molecular weight is 259 g/mol. The molecular formula is C14H14FN3O. The fourth-order valence-corrected chi connectivity index (χ4v) is 1.94. The Labute approximate surface area is 111 Å². The molecule has 1 heterocycles. The van der Waals surface area contributed by atoms with Gasteiger partial charge in [-0.15, -0.1) is 0 Å². The van der Waals surface area contributed by atoms with Crippen molar-refractivity contribution in [3.63, 3.8) is 0 Å². The highest BCUT2D eigenvalue weighted by Crippen LogP contribution is 2.28. The smallest absolute Gasteiger partial charge is 0.166 e. The van der Waals surface area contributed by atoms with Crippen LogP contribution in [0.3, 0.4) is 0 Å². The van der Waals surface area contributed by atoms with E-state index in [0.717, 1.165) is 0 Å². The van der Waals surface area contributed by atoms with Crippen LogP contribution in [0.5, 0.6) is 5.75 Å². The van der Waals surface area contributed by atoms with Crippen molar-refractivity contribution in [2.45, 2.75) is 13.8 Å². The first kappa shape index (κ1) is 13.1. The Kier molecular flexibility index (Phi) is 3.52. The van der Waals surface area contributed by atoms with Crippen molar-refractivity contribution in [2.75, 3.05) is 6.61 Å². The minimum atomic E-state index is -0.443. The lowest BCUT2D eigenvalue weighted by molar-refractivity contribution is 0.321. The van der Waals surface area contributed by atoms with Crippen LogP contribution in [0.4, 0.5) is 4.39 Å². The number of benzene rings is 1. The Morgan fingerprint density at radius 1 is 1.47 bits per heavy atom. The van der Waals surface area contributed by atoms with E-state index in [1.807, 2.05) is 6.07 Å². The second-order valence-corrected chi connectivity index (χ2v) is 4.11. The summed E-state index contributed by atoms with van der Waals surface area (Å²) in [4.78, 5) is 4.14. The van der Waals surface area contributed by atoms with Gasteiger partial charge in [0.25, 0.3) is 0 Å². The summed E-state index contributed by atoms with van der Waals surface area (Å²) in [6.07, 6.45) is 0. The highest BCUT2D eigenvalue weighted by atomic mass is 19.1. The van der Waals surface area contributed by atoms with E-state index < -0.39 is 5.82 Å². The van der Waals surface area contributed by atoms with E-state index in [1.54, 1.807) is 37.6 Å². The molecule has 4 nitrogen and oxygen atoms in total. The summed E-state index contributed by atoms with van der Waals surface area (Å²) < 4.78 is 20.8. The Bertz CT molecular complexity index is 655. The second-order valence-electron chi connectivity index (χ2n) is 4.11. The number of hydrogen-bond donors (Lipinski definition) is 0. The molecule has 2 aromatic rings. The van der Waals surface area contributed by atoms with E-state index in [1.165, 1.54) is 6.07 Å². The molecule has 0 radical (unpaired) electrons. The van der Waals surface area contributed by atoms with E-state index >= 15 is 0 Å². The summed E-state index contributed by atoms with van der Waals surface area (Å²) >= 11 is 0. The molecule has 0 bridgehead atoms. The first-order valence-electron chi connectivity index (χ1n) is 5.94. The lowest BCUT2D eigenvalue weighted by Crippen LogP contribution is -1.98. The van der Waals surface area contributed by atoms with Crippen molar-refractivity contribution in [3.8, 4) is 23.1 Å². The average Bonchev–Trinajstić information content (AvgIpc) is 2.68. The number of aryl methyl sites for hydroxylation is 1. The molecular weight excluding hydrogens is 245 g/mol. The molecule has 0 spiro atoms. The molecule has 0 saturated carbocycles.